The van der Waals surface area contributed by atoms with Crippen molar-refractivity contribution in [3.63, 3.8) is 0 Å². The van der Waals surface area contributed by atoms with Gasteiger partial charge in [-0.05, 0) is 47.8 Å². The van der Waals surface area contributed by atoms with Crippen molar-refractivity contribution in [2.24, 2.45) is 5.92 Å². The fraction of sp³-hybridized carbons (Fsp3) is 0.455. The normalized spacial score (nSPS) is 26.4. The van der Waals surface area contributed by atoms with Gasteiger partial charge in [-0.1, -0.05) is 99.6 Å². The van der Waals surface area contributed by atoms with Crippen molar-refractivity contribution in [3.8, 4) is 0 Å². The molecule has 3 aromatic carbocycles. The van der Waals surface area contributed by atoms with Crippen molar-refractivity contribution in [1.82, 2.24) is 0 Å². The van der Waals surface area contributed by atoms with Gasteiger partial charge in [-0.3, -0.25) is 0 Å². The Morgan fingerprint density at radius 2 is 1.39 bits per heavy atom. The minimum absolute atomic E-state index is 0.0842. The third-order valence-corrected chi connectivity index (χ3v) is 15.6. The Bertz CT molecular complexity index is 1390. The molecule has 1 heterocycles. The number of rotatable bonds is 11. The molecular formula is C33H42O6SSi. The molecule has 0 radical (unpaired) electrons. The topological polar surface area (TPSA) is 74.4 Å². The average molecular weight is 595 g/mol. The summed E-state index contributed by atoms with van der Waals surface area (Å²) in [5.41, 5.74) is 2.05. The summed E-state index contributed by atoms with van der Waals surface area (Å²) in [6.07, 6.45) is -1.33. The van der Waals surface area contributed by atoms with Crippen LogP contribution in [0.1, 0.15) is 38.3 Å². The zero-order valence-electron chi connectivity index (χ0n) is 24.7. The summed E-state index contributed by atoms with van der Waals surface area (Å²) in [6.45, 7) is 12.1. The van der Waals surface area contributed by atoms with E-state index in [9.17, 15) is 8.42 Å². The number of hydrogen-bond acceptors (Lipinski definition) is 6. The van der Waals surface area contributed by atoms with Crippen molar-refractivity contribution in [2.75, 3.05) is 6.61 Å². The quantitative estimate of drug-likeness (QED) is 0.180. The van der Waals surface area contributed by atoms with Gasteiger partial charge in [0, 0.05) is 5.92 Å². The molecule has 2 aliphatic rings. The van der Waals surface area contributed by atoms with Crippen molar-refractivity contribution in [2.45, 2.75) is 86.7 Å². The Kier molecular flexibility index (Phi) is 8.63. The molecule has 0 N–H and O–H groups in total. The first-order valence-electron chi connectivity index (χ1n) is 14.4. The van der Waals surface area contributed by atoms with Gasteiger partial charge in [-0.25, -0.2) is 8.42 Å². The minimum Gasteiger partial charge on any atom is -0.411 e. The lowest BCUT2D eigenvalue weighted by Gasteiger charge is -2.46. The highest BCUT2D eigenvalue weighted by Gasteiger charge is 2.76. The average Bonchev–Trinajstić information content (AvgIpc) is 3.69. The summed E-state index contributed by atoms with van der Waals surface area (Å²) < 4.78 is 54.9. The zero-order chi connectivity index (χ0) is 29.3. The molecule has 1 saturated carbocycles. The lowest BCUT2D eigenvalue weighted by molar-refractivity contribution is -0.102. The van der Waals surface area contributed by atoms with Crippen LogP contribution in [0.15, 0.2) is 95.9 Å². The molecular weight excluding hydrogens is 553 g/mol. The predicted octanol–water partition coefficient (Wildman–Crippen LogP) is 6.77. The second kappa shape index (κ2) is 11.7. The van der Waals surface area contributed by atoms with Crippen molar-refractivity contribution >= 4 is 18.2 Å². The fourth-order valence-corrected chi connectivity index (χ4v) is 8.85. The summed E-state index contributed by atoms with van der Waals surface area (Å²) in [5.74, 6) is -0.0970. The summed E-state index contributed by atoms with van der Waals surface area (Å²) in [5, 5.41) is -0.0842. The zero-order valence-corrected chi connectivity index (χ0v) is 26.5. The monoisotopic (exact) mass is 594 g/mol. The Balaban J connectivity index is 1.51. The van der Waals surface area contributed by atoms with Crippen LogP contribution in [0, 0.1) is 5.92 Å². The van der Waals surface area contributed by atoms with Gasteiger partial charge in [0.25, 0.3) is 0 Å². The molecule has 1 aliphatic heterocycles. The third kappa shape index (κ3) is 6.09. The van der Waals surface area contributed by atoms with Crippen LogP contribution in [-0.4, -0.2) is 46.6 Å². The van der Waals surface area contributed by atoms with Gasteiger partial charge < -0.3 is 18.6 Å². The largest absolute Gasteiger partial charge is 0.411 e. The van der Waals surface area contributed by atoms with E-state index in [0.717, 1.165) is 11.1 Å². The molecule has 0 bridgehead atoms. The Hall–Kier alpha value is -2.33. The molecule has 41 heavy (non-hydrogen) atoms. The van der Waals surface area contributed by atoms with E-state index in [1.807, 2.05) is 66.7 Å². The maximum Gasteiger partial charge on any atom is 0.228 e. The molecule has 2 fully saturated rings. The van der Waals surface area contributed by atoms with Crippen LogP contribution in [0.5, 0.6) is 0 Å². The van der Waals surface area contributed by atoms with Gasteiger partial charge in [0.15, 0.2) is 8.32 Å². The fourth-order valence-electron chi connectivity index (χ4n) is 5.42. The van der Waals surface area contributed by atoms with E-state index >= 15 is 0 Å². The SMILES string of the molecule is CC(C)(C)[Si](C)(C)O[C@@H]1[C@@H](COCc2ccccc2)C[C@H]2O[C@@]2(S(=O)(=O)c2ccccc2)[C@H]1OCc1ccccc1. The number of fused-ring (bicyclic) bond motifs is 1. The predicted molar refractivity (Wildman–Crippen MR) is 163 cm³/mol. The highest BCUT2D eigenvalue weighted by atomic mass is 32.2. The number of epoxide rings is 1. The molecule has 1 aliphatic carbocycles. The van der Waals surface area contributed by atoms with Crippen LogP contribution in [0.2, 0.25) is 18.1 Å². The van der Waals surface area contributed by atoms with Gasteiger partial charge >= 0.3 is 0 Å². The van der Waals surface area contributed by atoms with Gasteiger partial charge in [0.2, 0.25) is 14.8 Å². The molecule has 220 valence electrons. The summed E-state index contributed by atoms with van der Waals surface area (Å²) in [7, 11) is -6.26. The van der Waals surface area contributed by atoms with Gasteiger partial charge in [0.1, 0.15) is 12.2 Å². The van der Waals surface area contributed by atoms with E-state index in [1.165, 1.54) is 0 Å². The van der Waals surface area contributed by atoms with Gasteiger partial charge in [-0.15, -0.1) is 0 Å². The van der Waals surface area contributed by atoms with Gasteiger partial charge in [0.05, 0.1) is 30.8 Å². The Labute approximate surface area is 246 Å². The third-order valence-electron chi connectivity index (χ3n) is 8.82. The lowest BCUT2D eigenvalue weighted by Crippen LogP contribution is -2.60. The molecule has 0 aromatic heterocycles. The van der Waals surface area contributed by atoms with E-state index in [4.69, 9.17) is 18.6 Å². The summed E-state index contributed by atoms with van der Waals surface area (Å²) in [4.78, 5) is -1.27. The van der Waals surface area contributed by atoms with E-state index in [-0.39, 0.29) is 22.5 Å². The second-order valence-electron chi connectivity index (χ2n) is 12.7. The van der Waals surface area contributed by atoms with Crippen LogP contribution >= 0.6 is 0 Å². The minimum atomic E-state index is -3.90. The maximum atomic E-state index is 14.3. The molecule has 6 nitrogen and oxygen atoms in total. The number of hydrogen-bond donors (Lipinski definition) is 0. The molecule has 3 aromatic rings. The Morgan fingerprint density at radius 1 is 0.854 bits per heavy atom. The number of benzene rings is 3. The summed E-state index contributed by atoms with van der Waals surface area (Å²) >= 11 is 0. The van der Waals surface area contributed by atoms with E-state index in [0.29, 0.717) is 19.6 Å². The van der Waals surface area contributed by atoms with Crippen LogP contribution in [0.25, 0.3) is 0 Å². The van der Waals surface area contributed by atoms with Crippen LogP contribution in [0.3, 0.4) is 0 Å². The first-order valence-corrected chi connectivity index (χ1v) is 18.8. The van der Waals surface area contributed by atoms with E-state index < -0.39 is 41.4 Å². The van der Waals surface area contributed by atoms with Crippen molar-refractivity contribution in [3.05, 3.63) is 102 Å². The van der Waals surface area contributed by atoms with Crippen LogP contribution in [0.4, 0.5) is 0 Å². The molecule has 0 spiro atoms. The van der Waals surface area contributed by atoms with E-state index in [1.54, 1.807) is 24.3 Å². The first-order chi connectivity index (χ1) is 19.5. The number of sulfone groups is 1. The van der Waals surface area contributed by atoms with Crippen molar-refractivity contribution < 1.29 is 27.1 Å². The molecule has 0 amide bonds. The van der Waals surface area contributed by atoms with E-state index in [2.05, 4.69) is 33.9 Å². The molecule has 5 rings (SSSR count). The standard InChI is InChI=1S/C33H42O6SSi/c1-32(2,3)41(4,5)39-30-27(24-36-22-25-15-9-6-10-16-25)21-29-33(38-29,40(34,35)28-19-13-8-14-20-28)31(30)37-23-26-17-11-7-12-18-26/h6-20,27,29-31H,21-24H2,1-5H3/t27-,29-,30-,31+,33+/m1/s1. The Morgan fingerprint density at radius 3 is 1.95 bits per heavy atom. The molecule has 1 saturated heterocycles. The summed E-state index contributed by atoms with van der Waals surface area (Å²) in [6, 6.07) is 28.5. The van der Waals surface area contributed by atoms with Crippen molar-refractivity contribution in [1.29, 1.82) is 0 Å². The van der Waals surface area contributed by atoms with Gasteiger partial charge in [-0.2, -0.15) is 0 Å². The smallest absolute Gasteiger partial charge is 0.228 e. The lowest BCUT2D eigenvalue weighted by atomic mass is 9.84. The second-order valence-corrected chi connectivity index (χ2v) is 19.6. The maximum absolute atomic E-state index is 14.3. The molecule has 0 unspecified atom stereocenters. The van der Waals surface area contributed by atoms with Crippen LogP contribution in [-0.2, 0) is 41.7 Å². The molecule has 8 heteroatoms. The first kappa shape index (κ1) is 30.1. The molecule has 5 atom stereocenters. The highest BCUT2D eigenvalue weighted by Crippen LogP contribution is 2.58. The van der Waals surface area contributed by atoms with Crippen LogP contribution < -0.4 is 0 Å². The number of ether oxygens (including phenoxy) is 3. The highest BCUT2D eigenvalue weighted by molar-refractivity contribution is 7.93.